The van der Waals surface area contributed by atoms with Gasteiger partial charge in [0.2, 0.25) is 0 Å². The first kappa shape index (κ1) is 17.7. The number of hydrogen-bond donors (Lipinski definition) is 2. The number of amides is 3. The van der Waals surface area contributed by atoms with Crippen molar-refractivity contribution in [3.05, 3.63) is 64.1 Å². The molecule has 0 saturated carbocycles. The molecule has 10 nitrogen and oxygen atoms in total. The number of carbonyl (C=O) groups is 3. The van der Waals surface area contributed by atoms with Gasteiger partial charge >= 0.3 is 12.0 Å². The van der Waals surface area contributed by atoms with Crippen LogP contribution in [0.4, 0.5) is 10.5 Å². The summed E-state index contributed by atoms with van der Waals surface area (Å²) in [5, 5.41) is 15.0. The predicted molar refractivity (Wildman–Crippen MR) is 82.5 cm³/mol. The van der Waals surface area contributed by atoms with Crippen molar-refractivity contribution in [3.63, 3.8) is 0 Å². The van der Waals surface area contributed by atoms with Crippen molar-refractivity contribution >= 4 is 23.6 Å². The minimum Gasteiger partial charge on any atom is -0.467 e. The second-order valence-corrected chi connectivity index (χ2v) is 4.69. The van der Waals surface area contributed by atoms with Gasteiger partial charge in [0, 0.05) is 12.1 Å². The number of ether oxygens (including phenoxy) is 1. The van der Waals surface area contributed by atoms with Gasteiger partial charge in [-0.1, -0.05) is 6.07 Å². The first-order valence-electron chi connectivity index (χ1n) is 6.97. The summed E-state index contributed by atoms with van der Waals surface area (Å²) >= 11 is 0. The van der Waals surface area contributed by atoms with Gasteiger partial charge in [0.05, 0.1) is 23.3 Å². The van der Waals surface area contributed by atoms with Gasteiger partial charge in [-0.2, -0.15) is 0 Å². The Morgan fingerprint density at radius 1 is 1.20 bits per heavy atom. The summed E-state index contributed by atoms with van der Waals surface area (Å²) < 4.78 is 9.70. The summed E-state index contributed by atoms with van der Waals surface area (Å²) in [7, 11) is 0. The second-order valence-electron chi connectivity index (χ2n) is 4.69. The van der Waals surface area contributed by atoms with Gasteiger partial charge in [0.1, 0.15) is 5.76 Å². The average molecular weight is 347 g/mol. The van der Waals surface area contributed by atoms with Crippen molar-refractivity contribution in [1.82, 2.24) is 10.6 Å². The zero-order valence-electron chi connectivity index (χ0n) is 12.8. The highest BCUT2D eigenvalue weighted by molar-refractivity contribution is 5.97. The first-order valence-corrected chi connectivity index (χ1v) is 6.97. The molecule has 0 fully saturated rings. The molecule has 0 aliphatic heterocycles. The largest absolute Gasteiger partial charge is 0.467 e. The molecule has 130 valence electrons. The number of nitrogens with zero attached hydrogens (tertiary/aromatic N) is 1. The van der Waals surface area contributed by atoms with E-state index in [-0.39, 0.29) is 17.8 Å². The molecule has 1 aromatic carbocycles. The molecule has 2 rings (SSSR count). The van der Waals surface area contributed by atoms with E-state index in [4.69, 9.17) is 9.15 Å². The highest BCUT2D eigenvalue weighted by Gasteiger charge is 2.15. The lowest BCUT2D eigenvalue weighted by Gasteiger charge is -2.06. The van der Waals surface area contributed by atoms with Crippen LogP contribution in [0.1, 0.15) is 16.1 Å². The molecule has 1 aromatic heterocycles. The zero-order valence-corrected chi connectivity index (χ0v) is 12.8. The number of furan rings is 1. The highest BCUT2D eigenvalue weighted by Crippen LogP contribution is 2.13. The first-order chi connectivity index (χ1) is 12.0. The van der Waals surface area contributed by atoms with E-state index in [2.05, 4.69) is 5.32 Å². The van der Waals surface area contributed by atoms with E-state index >= 15 is 0 Å². The standard InChI is InChI=1S/C15H13N3O7/c19-13(17-15(21)16-8-12-5-2-6-24-12)9-25-14(20)10-3-1-4-11(7-10)18(22)23/h1-7H,8-9H2,(H2,16,17,19,21). The van der Waals surface area contributed by atoms with Crippen LogP contribution in [0.25, 0.3) is 0 Å². The number of esters is 1. The van der Waals surface area contributed by atoms with Crippen molar-refractivity contribution in [2.24, 2.45) is 0 Å². The van der Waals surface area contributed by atoms with Gasteiger partial charge in [-0.25, -0.2) is 9.59 Å². The summed E-state index contributed by atoms with van der Waals surface area (Å²) in [6.07, 6.45) is 1.44. The molecular weight excluding hydrogens is 334 g/mol. The predicted octanol–water partition coefficient (Wildman–Crippen LogP) is 1.37. The summed E-state index contributed by atoms with van der Waals surface area (Å²) in [4.78, 5) is 44.8. The Kier molecular flexibility index (Phi) is 5.82. The maximum absolute atomic E-state index is 11.8. The van der Waals surface area contributed by atoms with Gasteiger partial charge in [-0.05, 0) is 18.2 Å². The number of hydrogen-bond acceptors (Lipinski definition) is 7. The molecule has 0 bridgehead atoms. The van der Waals surface area contributed by atoms with Crippen LogP contribution in [0, 0.1) is 10.1 Å². The molecule has 1 heterocycles. The fraction of sp³-hybridized carbons (Fsp3) is 0.133. The van der Waals surface area contributed by atoms with Gasteiger partial charge in [0.25, 0.3) is 11.6 Å². The minimum atomic E-state index is -0.921. The number of nitrogens with one attached hydrogen (secondary N) is 2. The molecule has 0 unspecified atom stereocenters. The number of imide groups is 1. The lowest BCUT2D eigenvalue weighted by atomic mass is 10.2. The van der Waals surface area contributed by atoms with E-state index in [1.54, 1.807) is 12.1 Å². The number of rotatable bonds is 6. The summed E-state index contributed by atoms with van der Waals surface area (Å²) in [6, 6.07) is 7.37. The molecule has 0 aliphatic rings. The van der Waals surface area contributed by atoms with Crippen LogP contribution in [0.5, 0.6) is 0 Å². The molecule has 10 heteroatoms. The minimum absolute atomic E-state index is 0.0794. The summed E-state index contributed by atoms with van der Waals surface area (Å²) in [5.41, 5.74) is -0.361. The zero-order chi connectivity index (χ0) is 18.2. The Labute approximate surface area is 140 Å². The summed E-state index contributed by atoms with van der Waals surface area (Å²) in [6.45, 7) is -0.630. The average Bonchev–Trinajstić information content (AvgIpc) is 3.11. The summed E-state index contributed by atoms with van der Waals surface area (Å²) in [5.74, 6) is -1.27. The molecule has 3 amide bonds. The van der Waals surface area contributed by atoms with Crippen molar-refractivity contribution < 1.29 is 28.5 Å². The van der Waals surface area contributed by atoms with Gasteiger partial charge in [0.15, 0.2) is 6.61 Å². The Hall–Kier alpha value is -3.69. The number of nitro groups is 1. The van der Waals surface area contributed by atoms with E-state index in [0.29, 0.717) is 5.76 Å². The normalized spacial score (nSPS) is 9.92. The van der Waals surface area contributed by atoms with Gasteiger partial charge in [-0.3, -0.25) is 20.2 Å². The molecule has 0 radical (unpaired) electrons. The van der Waals surface area contributed by atoms with Crippen molar-refractivity contribution in [1.29, 1.82) is 0 Å². The van der Waals surface area contributed by atoms with E-state index in [1.807, 2.05) is 5.32 Å². The smallest absolute Gasteiger partial charge is 0.338 e. The fourth-order valence-corrected chi connectivity index (χ4v) is 1.75. The Morgan fingerprint density at radius 3 is 2.68 bits per heavy atom. The molecule has 0 spiro atoms. The van der Waals surface area contributed by atoms with Crippen molar-refractivity contribution in [2.75, 3.05) is 6.61 Å². The van der Waals surface area contributed by atoms with E-state index in [9.17, 15) is 24.5 Å². The Bertz CT molecular complexity index is 786. The lowest BCUT2D eigenvalue weighted by Crippen LogP contribution is -2.41. The molecule has 0 atom stereocenters. The van der Waals surface area contributed by atoms with E-state index < -0.39 is 29.4 Å². The van der Waals surface area contributed by atoms with Crippen LogP contribution >= 0.6 is 0 Å². The monoisotopic (exact) mass is 347 g/mol. The third-order valence-corrected chi connectivity index (χ3v) is 2.88. The molecule has 0 aliphatic carbocycles. The molecule has 0 saturated heterocycles. The number of urea groups is 1. The lowest BCUT2D eigenvalue weighted by molar-refractivity contribution is -0.384. The van der Waals surface area contributed by atoms with Gasteiger partial charge in [-0.15, -0.1) is 0 Å². The third-order valence-electron chi connectivity index (χ3n) is 2.88. The number of benzene rings is 1. The van der Waals surface area contributed by atoms with Crippen molar-refractivity contribution in [3.8, 4) is 0 Å². The van der Waals surface area contributed by atoms with E-state index in [0.717, 1.165) is 6.07 Å². The van der Waals surface area contributed by atoms with Crippen LogP contribution < -0.4 is 10.6 Å². The molecular formula is C15H13N3O7. The molecule has 25 heavy (non-hydrogen) atoms. The number of non-ortho nitro benzene ring substituents is 1. The van der Waals surface area contributed by atoms with Crippen LogP contribution in [-0.4, -0.2) is 29.4 Å². The maximum Gasteiger partial charge on any atom is 0.338 e. The van der Waals surface area contributed by atoms with Gasteiger partial charge < -0.3 is 14.5 Å². The maximum atomic E-state index is 11.8. The molecule has 2 aromatic rings. The van der Waals surface area contributed by atoms with Crippen LogP contribution in [-0.2, 0) is 16.1 Å². The van der Waals surface area contributed by atoms with Crippen LogP contribution in [0.2, 0.25) is 0 Å². The van der Waals surface area contributed by atoms with Crippen LogP contribution in [0.15, 0.2) is 47.1 Å². The van der Waals surface area contributed by atoms with E-state index in [1.165, 1.54) is 24.5 Å². The van der Waals surface area contributed by atoms with Crippen LogP contribution in [0.3, 0.4) is 0 Å². The topological polar surface area (TPSA) is 141 Å². The third kappa shape index (κ3) is 5.46. The SMILES string of the molecule is O=C(COC(=O)c1cccc([N+](=O)[O-])c1)NC(=O)NCc1ccco1. The highest BCUT2D eigenvalue weighted by atomic mass is 16.6. The number of nitro benzene ring substituents is 1. The Morgan fingerprint density at radius 2 is 2.00 bits per heavy atom. The molecule has 2 N–H and O–H groups in total. The van der Waals surface area contributed by atoms with Crippen molar-refractivity contribution in [2.45, 2.75) is 6.54 Å². The quantitative estimate of drug-likeness (QED) is 0.456. The Balaban J connectivity index is 1.77. The second kappa shape index (κ2) is 8.24. The number of carbonyl (C=O) groups excluding carboxylic acids is 3. The fourth-order valence-electron chi connectivity index (χ4n) is 1.75.